The Balaban J connectivity index is 2.93. The summed E-state index contributed by atoms with van der Waals surface area (Å²) < 4.78 is 18.2. The minimum absolute atomic E-state index is 0.0106. The molecule has 1 aromatic rings. The SMILES string of the molecule is COc1ccc(F)cc1C(=O)CN(CC(N)=O)CC(N)=O. The molecule has 0 aliphatic rings. The first-order chi connectivity index (χ1) is 9.83. The van der Waals surface area contributed by atoms with Gasteiger partial charge in [0.05, 0.1) is 32.3 Å². The Kier molecular flexibility index (Phi) is 5.79. The Morgan fingerprint density at radius 1 is 1.14 bits per heavy atom. The lowest BCUT2D eigenvalue weighted by Crippen LogP contribution is -2.42. The number of benzene rings is 1. The molecule has 8 heteroatoms. The lowest BCUT2D eigenvalue weighted by Gasteiger charge is -2.18. The molecule has 4 N–H and O–H groups in total. The summed E-state index contributed by atoms with van der Waals surface area (Å²) in [4.78, 5) is 35.2. The monoisotopic (exact) mass is 297 g/mol. The van der Waals surface area contributed by atoms with Crippen molar-refractivity contribution in [3.8, 4) is 5.75 Å². The van der Waals surface area contributed by atoms with Gasteiger partial charge >= 0.3 is 0 Å². The normalized spacial score (nSPS) is 10.4. The van der Waals surface area contributed by atoms with Crippen LogP contribution in [0.4, 0.5) is 4.39 Å². The molecule has 114 valence electrons. The van der Waals surface area contributed by atoms with Crippen LogP contribution in [0.25, 0.3) is 0 Å². The highest BCUT2D eigenvalue weighted by atomic mass is 19.1. The van der Waals surface area contributed by atoms with E-state index in [-0.39, 0.29) is 30.9 Å². The fourth-order valence-electron chi connectivity index (χ4n) is 1.79. The van der Waals surface area contributed by atoms with E-state index in [0.29, 0.717) is 0 Å². The van der Waals surface area contributed by atoms with E-state index in [1.807, 2.05) is 0 Å². The molecule has 0 bridgehead atoms. The zero-order valence-corrected chi connectivity index (χ0v) is 11.5. The lowest BCUT2D eigenvalue weighted by atomic mass is 10.1. The molecule has 1 rings (SSSR count). The highest BCUT2D eigenvalue weighted by Gasteiger charge is 2.19. The Morgan fingerprint density at radius 3 is 2.19 bits per heavy atom. The number of nitrogens with two attached hydrogens (primary N) is 2. The van der Waals surface area contributed by atoms with Crippen molar-refractivity contribution in [2.45, 2.75) is 0 Å². The number of carbonyl (C=O) groups is 3. The number of primary amides is 2. The number of ketones is 1. The van der Waals surface area contributed by atoms with Gasteiger partial charge in [0.15, 0.2) is 5.78 Å². The van der Waals surface area contributed by atoms with Gasteiger partial charge in [-0.05, 0) is 18.2 Å². The second-order valence-corrected chi connectivity index (χ2v) is 4.35. The van der Waals surface area contributed by atoms with Crippen molar-refractivity contribution in [2.75, 3.05) is 26.7 Å². The Morgan fingerprint density at radius 2 is 1.71 bits per heavy atom. The van der Waals surface area contributed by atoms with Gasteiger partial charge in [-0.1, -0.05) is 0 Å². The molecule has 0 saturated heterocycles. The van der Waals surface area contributed by atoms with Gasteiger partial charge in [0.1, 0.15) is 11.6 Å². The van der Waals surface area contributed by atoms with Crippen LogP contribution in [0.1, 0.15) is 10.4 Å². The number of methoxy groups -OCH3 is 1. The minimum Gasteiger partial charge on any atom is -0.496 e. The topological polar surface area (TPSA) is 116 Å². The lowest BCUT2D eigenvalue weighted by molar-refractivity contribution is -0.121. The number of nitrogens with zero attached hydrogens (tertiary/aromatic N) is 1. The summed E-state index contributed by atoms with van der Waals surface area (Å²) >= 11 is 0. The Labute approximate surface area is 120 Å². The summed E-state index contributed by atoms with van der Waals surface area (Å²) in [5, 5.41) is 0. The number of ether oxygens (including phenoxy) is 1. The van der Waals surface area contributed by atoms with E-state index in [1.165, 1.54) is 18.1 Å². The average Bonchev–Trinajstić information content (AvgIpc) is 2.36. The predicted octanol–water partition coefficient (Wildman–Crippen LogP) is -0.710. The van der Waals surface area contributed by atoms with Gasteiger partial charge in [-0.3, -0.25) is 19.3 Å². The second-order valence-electron chi connectivity index (χ2n) is 4.35. The molecule has 0 fully saturated rings. The molecule has 0 spiro atoms. The third-order valence-corrected chi connectivity index (χ3v) is 2.59. The van der Waals surface area contributed by atoms with Gasteiger partial charge in [0.2, 0.25) is 11.8 Å². The van der Waals surface area contributed by atoms with Crippen molar-refractivity contribution in [3.05, 3.63) is 29.6 Å². The molecule has 0 aliphatic heterocycles. The first-order valence-electron chi connectivity index (χ1n) is 5.99. The molecule has 2 amide bonds. The summed E-state index contributed by atoms with van der Waals surface area (Å²) in [5.41, 5.74) is 10.1. The molecule has 0 heterocycles. The molecular formula is C13H16FN3O4. The van der Waals surface area contributed by atoms with E-state index >= 15 is 0 Å². The van der Waals surface area contributed by atoms with E-state index < -0.39 is 23.4 Å². The number of hydrogen-bond donors (Lipinski definition) is 2. The molecule has 0 atom stereocenters. The van der Waals surface area contributed by atoms with E-state index in [1.54, 1.807) is 0 Å². The van der Waals surface area contributed by atoms with Gasteiger partial charge in [0.25, 0.3) is 0 Å². The van der Waals surface area contributed by atoms with E-state index in [2.05, 4.69) is 0 Å². The summed E-state index contributed by atoms with van der Waals surface area (Å²) in [6, 6.07) is 3.49. The number of Topliss-reactive ketones (excluding diaryl/α,β-unsaturated/α-hetero) is 1. The second kappa shape index (κ2) is 7.34. The third-order valence-electron chi connectivity index (χ3n) is 2.59. The first kappa shape index (κ1) is 16.6. The van der Waals surface area contributed by atoms with Crippen LogP contribution in [0, 0.1) is 5.82 Å². The minimum atomic E-state index is -0.713. The number of rotatable bonds is 8. The number of hydrogen-bond acceptors (Lipinski definition) is 5. The molecule has 0 unspecified atom stereocenters. The summed E-state index contributed by atoms with van der Waals surface area (Å²) in [5.74, 6) is -2.35. The van der Waals surface area contributed by atoms with E-state index in [9.17, 15) is 18.8 Å². The Bertz CT molecular complexity index is 546. The van der Waals surface area contributed by atoms with Crippen LogP contribution in [0.3, 0.4) is 0 Å². The van der Waals surface area contributed by atoms with Crippen LogP contribution in [-0.2, 0) is 9.59 Å². The molecule has 0 aromatic heterocycles. The molecule has 21 heavy (non-hydrogen) atoms. The van der Waals surface area contributed by atoms with Crippen molar-refractivity contribution in [1.82, 2.24) is 4.90 Å². The smallest absolute Gasteiger partial charge is 0.231 e. The maximum absolute atomic E-state index is 13.2. The van der Waals surface area contributed by atoms with Gasteiger partial charge in [0, 0.05) is 0 Å². The van der Waals surface area contributed by atoms with Crippen molar-refractivity contribution >= 4 is 17.6 Å². The average molecular weight is 297 g/mol. The van der Waals surface area contributed by atoms with Crippen LogP contribution in [-0.4, -0.2) is 49.2 Å². The van der Waals surface area contributed by atoms with Crippen LogP contribution in [0.15, 0.2) is 18.2 Å². The quantitative estimate of drug-likeness (QED) is 0.615. The number of amides is 2. The third kappa shape index (κ3) is 5.19. The van der Waals surface area contributed by atoms with E-state index in [0.717, 1.165) is 12.1 Å². The van der Waals surface area contributed by atoms with Crippen molar-refractivity contribution in [1.29, 1.82) is 0 Å². The highest BCUT2D eigenvalue weighted by Crippen LogP contribution is 2.20. The standard InChI is InChI=1S/C13H16FN3O4/c1-21-11-3-2-8(14)4-9(11)10(18)5-17(6-12(15)19)7-13(16)20/h2-4H,5-7H2,1H3,(H2,15,19)(H2,16,20). The van der Waals surface area contributed by atoms with Crippen LogP contribution >= 0.6 is 0 Å². The fraction of sp³-hybridized carbons (Fsp3) is 0.308. The summed E-state index contributed by atoms with van der Waals surface area (Å²) in [6.07, 6.45) is 0. The van der Waals surface area contributed by atoms with Crippen molar-refractivity contribution in [3.63, 3.8) is 0 Å². The zero-order valence-electron chi connectivity index (χ0n) is 11.5. The maximum Gasteiger partial charge on any atom is 0.231 e. The molecule has 0 radical (unpaired) electrons. The maximum atomic E-state index is 13.2. The zero-order chi connectivity index (χ0) is 16.0. The highest BCUT2D eigenvalue weighted by molar-refractivity contribution is 6.00. The number of halogens is 1. The van der Waals surface area contributed by atoms with Gasteiger partial charge < -0.3 is 16.2 Å². The molecular weight excluding hydrogens is 281 g/mol. The predicted molar refractivity (Wildman–Crippen MR) is 72.1 cm³/mol. The van der Waals surface area contributed by atoms with Crippen LogP contribution in [0.5, 0.6) is 5.75 Å². The molecule has 0 aliphatic carbocycles. The fourth-order valence-corrected chi connectivity index (χ4v) is 1.79. The largest absolute Gasteiger partial charge is 0.496 e. The van der Waals surface area contributed by atoms with Gasteiger partial charge in [-0.2, -0.15) is 0 Å². The van der Waals surface area contributed by atoms with Gasteiger partial charge in [-0.25, -0.2) is 4.39 Å². The van der Waals surface area contributed by atoms with Crippen molar-refractivity contribution < 1.29 is 23.5 Å². The van der Waals surface area contributed by atoms with Gasteiger partial charge in [-0.15, -0.1) is 0 Å². The summed E-state index contributed by atoms with van der Waals surface area (Å²) in [7, 11) is 1.34. The number of carbonyl (C=O) groups excluding carboxylic acids is 3. The first-order valence-corrected chi connectivity index (χ1v) is 5.99. The molecule has 1 aromatic carbocycles. The van der Waals surface area contributed by atoms with Crippen molar-refractivity contribution in [2.24, 2.45) is 11.5 Å². The molecule has 7 nitrogen and oxygen atoms in total. The van der Waals surface area contributed by atoms with Crippen LogP contribution in [0.2, 0.25) is 0 Å². The van der Waals surface area contributed by atoms with Crippen LogP contribution < -0.4 is 16.2 Å². The molecule has 0 saturated carbocycles. The Hall–Kier alpha value is -2.48. The van der Waals surface area contributed by atoms with E-state index in [4.69, 9.17) is 16.2 Å². The summed E-state index contributed by atoms with van der Waals surface area (Å²) in [6.45, 7) is -0.940.